The first kappa shape index (κ1) is 21.7. The topological polar surface area (TPSA) is 65.1 Å². The summed E-state index contributed by atoms with van der Waals surface area (Å²) in [6, 6.07) is 9.16. The summed E-state index contributed by atoms with van der Waals surface area (Å²) in [4.78, 5) is 27.2. The molecule has 0 bridgehead atoms. The minimum absolute atomic E-state index is 0.410. The van der Waals surface area contributed by atoms with E-state index >= 15 is 0 Å². The van der Waals surface area contributed by atoms with Crippen LogP contribution >= 0.6 is 0 Å². The van der Waals surface area contributed by atoms with Crippen LogP contribution in [-0.4, -0.2) is 40.6 Å². The highest BCUT2D eigenvalue weighted by atomic mass is 16.7. The predicted molar refractivity (Wildman–Crippen MR) is 115 cm³/mol. The molecule has 6 heteroatoms. The number of allylic oxidation sites excluding steroid dienone is 2. The van der Waals surface area contributed by atoms with Gasteiger partial charge in [0.05, 0.1) is 6.04 Å². The predicted octanol–water partition coefficient (Wildman–Crippen LogP) is 5.46. The van der Waals surface area contributed by atoms with Gasteiger partial charge in [0.15, 0.2) is 0 Å². The Hall–Kier alpha value is -3.02. The van der Waals surface area contributed by atoms with Crippen molar-refractivity contribution in [3.05, 3.63) is 65.8 Å². The number of amides is 1. The lowest BCUT2D eigenvalue weighted by atomic mass is 9.96. The smallest absolute Gasteiger partial charge is 0.444 e. The highest BCUT2D eigenvalue weighted by Gasteiger charge is 2.46. The lowest BCUT2D eigenvalue weighted by Crippen LogP contribution is -2.47. The molecule has 0 unspecified atom stereocenters. The van der Waals surface area contributed by atoms with Crippen molar-refractivity contribution >= 4 is 17.8 Å². The molecule has 1 aliphatic heterocycles. The molecule has 6 nitrogen and oxygen atoms in total. The average Bonchev–Trinajstić information content (AvgIpc) is 2.93. The van der Waals surface area contributed by atoms with Crippen molar-refractivity contribution in [1.82, 2.24) is 4.90 Å². The highest BCUT2D eigenvalue weighted by molar-refractivity contribution is 5.86. The van der Waals surface area contributed by atoms with E-state index in [1.807, 2.05) is 54.6 Å². The third-order valence-corrected chi connectivity index (χ3v) is 4.40. The minimum atomic E-state index is -0.982. The SMILES string of the molecule is CC(C)(C)OC(=O)O[C@H]1C(c2ccccc2)=C2C=CC=C[C@H]2N1C(=O)OC(C)(C)C. The molecule has 0 aromatic heterocycles. The van der Waals surface area contributed by atoms with Crippen molar-refractivity contribution in [3.8, 4) is 0 Å². The number of carbonyl (C=O) groups is 2. The van der Waals surface area contributed by atoms with E-state index in [1.54, 1.807) is 41.5 Å². The molecule has 30 heavy (non-hydrogen) atoms. The van der Waals surface area contributed by atoms with E-state index < -0.39 is 35.7 Å². The molecular weight excluding hydrogens is 382 g/mol. The van der Waals surface area contributed by atoms with Gasteiger partial charge in [-0.1, -0.05) is 54.6 Å². The number of benzene rings is 1. The summed E-state index contributed by atoms with van der Waals surface area (Å²) in [6.45, 7) is 10.7. The van der Waals surface area contributed by atoms with Gasteiger partial charge in [-0.15, -0.1) is 0 Å². The zero-order valence-electron chi connectivity index (χ0n) is 18.3. The Morgan fingerprint density at radius 3 is 2.13 bits per heavy atom. The second kappa shape index (κ2) is 8.01. The monoisotopic (exact) mass is 411 g/mol. The van der Waals surface area contributed by atoms with Crippen LogP contribution in [0.3, 0.4) is 0 Å². The van der Waals surface area contributed by atoms with Crippen LogP contribution in [0, 0.1) is 0 Å². The molecule has 0 fully saturated rings. The van der Waals surface area contributed by atoms with Crippen molar-refractivity contribution < 1.29 is 23.8 Å². The van der Waals surface area contributed by atoms with Crippen LogP contribution in [0.25, 0.3) is 5.57 Å². The maximum absolute atomic E-state index is 13.2. The molecule has 0 N–H and O–H groups in total. The van der Waals surface area contributed by atoms with Crippen molar-refractivity contribution in [3.63, 3.8) is 0 Å². The lowest BCUT2D eigenvalue weighted by Gasteiger charge is -2.33. The zero-order chi connectivity index (χ0) is 22.1. The highest BCUT2D eigenvalue weighted by Crippen LogP contribution is 2.41. The molecule has 1 aliphatic carbocycles. The van der Waals surface area contributed by atoms with Gasteiger partial charge in [-0.25, -0.2) is 9.59 Å². The molecule has 1 aromatic rings. The van der Waals surface area contributed by atoms with Gasteiger partial charge in [0.1, 0.15) is 11.2 Å². The number of rotatable bonds is 2. The Labute approximate surface area is 177 Å². The molecule has 2 aliphatic rings. The normalized spacial score (nSPS) is 20.8. The second-order valence-corrected chi connectivity index (χ2v) is 9.25. The van der Waals surface area contributed by atoms with Crippen molar-refractivity contribution in [2.24, 2.45) is 0 Å². The summed E-state index contributed by atoms with van der Waals surface area (Å²) in [5, 5.41) is 0. The largest absolute Gasteiger partial charge is 0.511 e. The summed E-state index contributed by atoms with van der Waals surface area (Å²) in [7, 11) is 0. The number of ether oxygens (including phenoxy) is 3. The maximum atomic E-state index is 13.2. The van der Waals surface area contributed by atoms with Crippen LogP contribution in [0.4, 0.5) is 9.59 Å². The fraction of sp³-hybridized carbons (Fsp3) is 0.417. The van der Waals surface area contributed by atoms with Crippen molar-refractivity contribution in [1.29, 1.82) is 0 Å². The van der Waals surface area contributed by atoms with E-state index in [1.165, 1.54) is 4.90 Å². The quantitative estimate of drug-likeness (QED) is 0.604. The van der Waals surface area contributed by atoms with Gasteiger partial charge in [0.2, 0.25) is 6.23 Å². The number of carbonyl (C=O) groups excluding carboxylic acids is 2. The molecule has 0 spiro atoms. The summed E-state index contributed by atoms with van der Waals surface area (Å²) in [5.41, 5.74) is 1.05. The first-order valence-corrected chi connectivity index (χ1v) is 10.0. The van der Waals surface area contributed by atoms with Gasteiger partial charge in [-0.05, 0) is 52.7 Å². The third kappa shape index (κ3) is 4.93. The molecule has 0 radical (unpaired) electrons. The van der Waals surface area contributed by atoms with Gasteiger partial charge in [0, 0.05) is 5.57 Å². The second-order valence-electron chi connectivity index (χ2n) is 9.25. The number of hydrogen-bond donors (Lipinski definition) is 0. The van der Waals surface area contributed by atoms with Crippen LogP contribution in [0.5, 0.6) is 0 Å². The third-order valence-electron chi connectivity index (χ3n) is 4.40. The molecule has 1 amide bonds. The Bertz CT molecular complexity index is 900. The molecular formula is C24H29NO5. The Kier molecular flexibility index (Phi) is 5.79. The summed E-state index contributed by atoms with van der Waals surface area (Å²) < 4.78 is 16.7. The van der Waals surface area contributed by atoms with Gasteiger partial charge in [0.25, 0.3) is 0 Å². The molecule has 0 saturated carbocycles. The number of hydrogen-bond acceptors (Lipinski definition) is 5. The number of fused-ring (bicyclic) bond motifs is 1. The van der Waals surface area contributed by atoms with Crippen molar-refractivity contribution in [2.75, 3.05) is 0 Å². The summed E-state index contributed by atoms with van der Waals surface area (Å²) in [6.07, 6.45) is 5.20. The van der Waals surface area contributed by atoms with Crippen molar-refractivity contribution in [2.45, 2.75) is 65.0 Å². The summed E-state index contributed by atoms with van der Waals surface area (Å²) in [5.74, 6) is 0. The van der Waals surface area contributed by atoms with Gasteiger partial charge < -0.3 is 14.2 Å². The minimum Gasteiger partial charge on any atom is -0.444 e. The van der Waals surface area contributed by atoms with E-state index in [4.69, 9.17) is 14.2 Å². The average molecular weight is 411 g/mol. The molecule has 1 aromatic carbocycles. The standard InChI is InChI=1S/C24H29NO5/c1-23(2,3)29-21(26)25-18-15-11-10-14-17(18)19(16-12-8-7-9-13-16)20(25)28-22(27)30-24(4,5)6/h7-15,18,20H,1-6H3/t18-,20+/m1/s1. The van der Waals surface area contributed by atoms with Crippen LogP contribution in [0.2, 0.25) is 0 Å². The fourth-order valence-corrected chi connectivity index (χ4v) is 3.38. The molecule has 1 heterocycles. The Morgan fingerprint density at radius 2 is 1.53 bits per heavy atom. The summed E-state index contributed by atoms with van der Waals surface area (Å²) >= 11 is 0. The van der Waals surface area contributed by atoms with E-state index in [-0.39, 0.29) is 0 Å². The van der Waals surface area contributed by atoms with E-state index in [9.17, 15) is 9.59 Å². The van der Waals surface area contributed by atoms with Gasteiger partial charge in [-0.3, -0.25) is 4.90 Å². The molecule has 3 rings (SSSR count). The van der Waals surface area contributed by atoms with Gasteiger partial charge in [-0.2, -0.15) is 0 Å². The number of nitrogens with zero attached hydrogens (tertiary/aromatic N) is 1. The fourth-order valence-electron chi connectivity index (χ4n) is 3.38. The first-order chi connectivity index (χ1) is 14.0. The zero-order valence-corrected chi connectivity index (χ0v) is 18.3. The Morgan fingerprint density at radius 1 is 0.900 bits per heavy atom. The van der Waals surface area contributed by atoms with E-state index in [0.717, 1.165) is 16.7 Å². The Balaban J connectivity index is 2.05. The molecule has 2 atom stereocenters. The van der Waals surface area contributed by atoms with Crippen LogP contribution in [-0.2, 0) is 14.2 Å². The first-order valence-electron chi connectivity index (χ1n) is 10.0. The van der Waals surface area contributed by atoms with Crippen LogP contribution in [0.15, 0.2) is 60.2 Å². The lowest BCUT2D eigenvalue weighted by molar-refractivity contribution is -0.0555. The molecule has 160 valence electrons. The maximum Gasteiger partial charge on any atom is 0.511 e. The molecule has 0 saturated heterocycles. The van der Waals surface area contributed by atoms with E-state index in [0.29, 0.717) is 0 Å². The van der Waals surface area contributed by atoms with Crippen LogP contribution in [0.1, 0.15) is 47.1 Å². The van der Waals surface area contributed by atoms with E-state index in [2.05, 4.69) is 0 Å². The van der Waals surface area contributed by atoms with Crippen LogP contribution < -0.4 is 0 Å². The van der Waals surface area contributed by atoms with Gasteiger partial charge >= 0.3 is 12.2 Å².